The molecule has 1 aromatic rings. The van der Waals surface area contributed by atoms with E-state index in [4.69, 9.17) is 9.47 Å². The van der Waals surface area contributed by atoms with Gasteiger partial charge in [-0.05, 0) is 31.9 Å². The van der Waals surface area contributed by atoms with E-state index < -0.39 is 0 Å². The predicted octanol–water partition coefficient (Wildman–Crippen LogP) is 3.08. The molecule has 114 valence electrons. The quantitative estimate of drug-likeness (QED) is 0.852. The minimum absolute atomic E-state index is 0.384. The Hall–Kier alpha value is -1.13. The minimum atomic E-state index is 0.384. The zero-order valence-corrected chi connectivity index (χ0v) is 13.4. The van der Waals surface area contributed by atoms with Gasteiger partial charge in [0.25, 0.3) is 0 Å². The van der Waals surface area contributed by atoms with E-state index in [-0.39, 0.29) is 0 Å². The first-order chi connectivity index (χ1) is 9.54. The molecule has 0 unspecified atom stereocenters. The van der Waals surface area contributed by atoms with Crippen molar-refractivity contribution in [1.29, 1.82) is 0 Å². The monoisotopic (exact) mass is 280 g/mol. The summed E-state index contributed by atoms with van der Waals surface area (Å²) in [5, 5.41) is 0. The smallest absolute Gasteiger partial charge is 0.0642 e. The summed E-state index contributed by atoms with van der Waals surface area (Å²) >= 11 is 0. The summed E-state index contributed by atoms with van der Waals surface area (Å²) < 4.78 is 10.1. The Kier molecular flexibility index (Phi) is 7.55. The van der Waals surface area contributed by atoms with Gasteiger partial charge in [-0.3, -0.25) is 4.98 Å². The van der Waals surface area contributed by atoms with Crippen molar-refractivity contribution in [2.24, 2.45) is 0 Å². The van der Waals surface area contributed by atoms with Crippen LogP contribution in [0.3, 0.4) is 0 Å². The number of pyridine rings is 1. The van der Waals surface area contributed by atoms with Gasteiger partial charge in [0.2, 0.25) is 0 Å². The van der Waals surface area contributed by atoms with Crippen molar-refractivity contribution in [3.63, 3.8) is 0 Å². The molecule has 2 heterocycles. The van der Waals surface area contributed by atoms with Crippen LogP contribution < -0.4 is 4.90 Å². The van der Waals surface area contributed by atoms with Crippen molar-refractivity contribution >= 4 is 5.69 Å². The molecule has 1 aliphatic rings. The first-order valence-corrected chi connectivity index (χ1v) is 7.36. The van der Waals surface area contributed by atoms with E-state index in [9.17, 15) is 0 Å². The Morgan fingerprint density at radius 2 is 1.75 bits per heavy atom. The van der Waals surface area contributed by atoms with Crippen molar-refractivity contribution in [2.45, 2.75) is 39.7 Å². The zero-order chi connectivity index (χ0) is 15.0. The lowest BCUT2D eigenvalue weighted by Crippen LogP contribution is -2.36. The number of aromatic nitrogens is 1. The van der Waals surface area contributed by atoms with Crippen LogP contribution in [0.25, 0.3) is 0 Å². The fourth-order valence-electron chi connectivity index (χ4n) is 1.75. The number of anilines is 1. The molecule has 2 rings (SSSR count). The second-order valence-corrected chi connectivity index (χ2v) is 5.48. The standard InChI is InChI=1S/C12H18N2O.C4H10O/c1-10(2)12-4-3-11(9-13-12)14-5-7-15-8-6-14;1-4(2)5-3/h3-4,9-10H,5-8H2,1-2H3;4H,1-3H3. The van der Waals surface area contributed by atoms with Crippen molar-refractivity contribution < 1.29 is 9.47 Å². The van der Waals surface area contributed by atoms with Crippen LogP contribution in [0.15, 0.2) is 18.3 Å². The highest BCUT2D eigenvalue weighted by molar-refractivity contribution is 5.45. The fraction of sp³-hybridized carbons (Fsp3) is 0.688. The molecule has 4 nitrogen and oxygen atoms in total. The number of morpholine rings is 1. The number of hydrogen-bond donors (Lipinski definition) is 0. The largest absolute Gasteiger partial charge is 0.382 e. The molecule has 0 atom stereocenters. The molecule has 1 fully saturated rings. The van der Waals surface area contributed by atoms with Crippen LogP contribution in [0.2, 0.25) is 0 Å². The molecule has 1 aromatic heterocycles. The van der Waals surface area contributed by atoms with E-state index in [0.29, 0.717) is 12.0 Å². The molecular weight excluding hydrogens is 252 g/mol. The van der Waals surface area contributed by atoms with Crippen molar-refractivity contribution in [3.05, 3.63) is 24.0 Å². The highest BCUT2D eigenvalue weighted by Gasteiger charge is 2.11. The number of nitrogens with zero attached hydrogens (tertiary/aromatic N) is 2. The van der Waals surface area contributed by atoms with Gasteiger partial charge < -0.3 is 14.4 Å². The van der Waals surface area contributed by atoms with Gasteiger partial charge in [0.05, 0.1) is 31.2 Å². The van der Waals surface area contributed by atoms with Gasteiger partial charge in [-0.25, -0.2) is 0 Å². The van der Waals surface area contributed by atoms with Crippen molar-refractivity contribution in [1.82, 2.24) is 4.98 Å². The van der Waals surface area contributed by atoms with Crippen molar-refractivity contribution in [3.8, 4) is 0 Å². The maximum atomic E-state index is 5.32. The molecule has 0 aliphatic carbocycles. The summed E-state index contributed by atoms with van der Waals surface area (Å²) in [5.41, 5.74) is 2.37. The van der Waals surface area contributed by atoms with Gasteiger partial charge in [0, 0.05) is 25.9 Å². The van der Waals surface area contributed by atoms with Gasteiger partial charge in [-0.2, -0.15) is 0 Å². The summed E-state index contributed by atoms with van der Waals surface area (Å²) in [7, 11) is 1.70. The molecule has 0 bridgehead atoms. The highest BCUT2D eigenvalue weighted by atomic mass is 16.5. The van der Waals surface area contributed by atoms with E-state index in [1.165, 1.54) is 5.69 Å². The van der Waals surface area contributed by atoms with Crippen LogP contribution in [0.1, 0.15) is 39.3 Å². The number of ether oxygens (including phenoxy) is 2. The molecule has 4 heteroatoms. The molecular formula is C16H28N2O2. The molecule has 1 saturated heterocycles. The third kappa shape index (κ3) is 5.88. The lowest BCUT2D eigenvalue weighted by molar-refractivity contribution is 0.122. The Balaban J connectivity index is 0.000000347. The topological polar surface area (TPSA) is 34.6 Å². The Morgan fingerprint density at radius 1 is 1.15 bits per heavy atom. The second-order valence-electron chi connectivity index (χ2n) is 5.48. The van der Waals surface area contributed by atoms with E-state index in [0.717, 1.165) is 32.0 Å². The first kappa shape index (κ1) is 16.9. The third-order valence-corrected chi connectivity index (χ3v) is 3.21. The van der Waals surface area contributed by atoms with Crippen molar-refractivity contribution in [2.75, 3.05) is 38.3 Å². The molecule has 20 heavy (non-hydrogen) atoms. The van der Waals surface area contributed by atoms with Crippen LogP contribution in [0.4, 0.5) is 5.69 Å². The second kappa shape index (κ2) is 8.93. The zero-order valence-electron chi connectivity index (χ0n) is 13.4. The van der Waals surface area contributed by atoms with Gasteiger partial charge in [0.15, 0.2) is 0 Å². The Bertz CT molecular complexity index is 357. The highest BCUT2D eigenvalue weighted by Crippen LogP contribution is 2.17. The Labute approximate surface area is 123 Å². The molecule has 1 aliphatic heterocycles. The molecule has 0 spiro atoms. The number of methoxy groups -OCH3 is 1. The van der Waals surface area contributed by atoms with Crippen LogP contribution in [0.5, 0.6) is 0 Å². The molecule has 0 radical (unpaired) electrons. The Morgan fingerprint density at radius 3 is 2.15 bits per heavy atom. The molecule has 0 saturated carbocycles. The summed E-state index contributed by atoms with van der Waals surface area (Å²) in [4.78, 5) is 6.79. The lowest BCUT2D eigenvalue weighted by atomic mass is 10.1. The van der Waals surface area contributed by atoms with Gasteiger partial charge in [-0.15, -0.1) is 0 Å². The summed E-state index contributed by atoms with van der Waals surface area (Å²) in [5.74, 6) is 0.503. The van der Waals surface area contributed by atoms with E-state index >= 15 is 0 Å². The van der Waals surface area contributed by atoms with Crippen LogP contribution in [-0.4, -0.2) is 44.5 Å². The maximum absolute atomic E-state index is 5.32. The summed E-state index contributed by atoms with van der Waals surface area (Å²) in [6.07, 6.45) is 2.36. The average molecular weight is 280 g/mol. The fourth-order valence-corrected chi connectivity index (χ4v) is 1.75. The SMILES string of the molecule is CC(C)c1ccc(N2CCOCC2)cn1.COC(C)C. The predicted molar refractivity (Wildman–Crippen MR) is 83.5 cm³/mol. The third-order valence-electron chi connectivity index (χ3n) is 3.21. The lowest BCUT2D eigenvalue weighted by Gasteiger charge is -2.28. The van der Waals surface area contributed by atoms with Crippen LogP contribution >= 0.6 is 0 Å². The van der Waals surface area contributed by atoms with Gasteiger partial charge in [-0.1, -0.05) is 13.8 Å². The molecule has 0 amide bonds. The number of hydrogen-bond acceptors (Lipinski definition) is 4. The summed E-state index contributed by atoms with van der Waals surface area (Å²) in [6.45, 7) is 11.9. The number of rotatable bonds is 3. The normalized spacial score (nSPS) is 15.2. The summed E-state index contributed by atoms with van der Waals surface area (Å²) in [6, 6.07) is 4.28. The first-order valence-electron chi connectivity index (χ1n) is 7.36. The minimum Gasteiger partial charge on any atom is -0.382 e. The van der Waals surface area contributed by atoms with Gasteiger partial charge in [0.1, 0.15) is 0 Å². The van der Waals surface area contributed by atoms with Gasteiger partial charge >= 0.3 is 0 Å². The van der Waals surface area contributed by atoms with E-state index in [2.05, 4.69) is 35.9 Å². The van der Waals surface area contributed by atoms with Crippen LogP contribution in [0, 0.1) is 0 Å². The molecule has 0 N–H and O–H groups in total. The average Bonchev–Trinajstić information content (AvgIpc) is 2.49. The maximum Gasteiger partial charge on any atom is 0.0642 e. The molecule has 0 aromatic carbocycles. The van der Waals surface area contributed by atoms with E-state index in [1.807, 2.05) is 20.0 Å². The van der Waals surface area contributed by atoms with E-state index in [1.54, 1.807) is 7.11 Å². The van der Waals surface area contributed by atoms with Crippen LogP contribution in [-0.2, 0) is 9.47 Å².